The largest absolute Gasteiger partial charge is 0.489 e. The predicted molar refractivity (Wildman–Crippen MR) is 137 cm³/mol. The number of benzene rings is 2. The van der Waals surface area contributed by atoms with Gasteiger partial charge in [0.05, 0.1) is 10.9 Å². The summed E-state index contributed by atoms with van der Waals surface area (Å²) in [6, 6.07) is 17.7. The van der Waals surface area contributed by atoms with Crippen LogP contribution in [0.3, 0.4) is 0 Å². The third kappa shape index (κ3) is 7.24. The molecule has 7 nitrogen and oxygen atoms in total. The second-order valence-electron chi connectivity index (χ2n) is 7.94. The SMILES string of the molecule is CCN(CC)S(=O)(=O)c1ccc(/C=C/C(=O)NC(C)c2ccc(OCc3cccnc3)cc2)cc1. The molecule has 0 fully saturated rings. The van der Waals surface area contributed by atoms with Crippen LogP contribution in [0.2, 0.25) is 0 Å². The normalized spacial score (nSPS) is 12.6. The van der Waals surface area contributed by atoms with Crippen molar-refractivity contribution in [3.63, 3.8) is 0 Å². The number of nitrogens with one attached hydrogen (secondary N) is 1. The Morgan fingerprint density at radius 3 is 2.34 bits per heavy atom. The van der Waals surface area contributed by atoms with Gasteiger partial charge in [-0.1, -0.05) is 44.2 Å². The van der Waals surface area contributed by atoms with Gasteiger partial charge in [0, 0.05) is 37.1 Å². The van der Waals surface area contributed by atoms with Gasteiger partial charge in [-0.2, -0.15) is 4.31 Å². The van der Waals surface area contributed by atoms with Crippen LogP contribution in [-0.4, -0.2) is 36.7 Å². The van der Waals surface area contributed by atoms with Crippen molar-refractivity contribution in [2.75, 3.05) is 13.1 Å². The lowest BCUT2D eigenvalue weighted by Gasteiger charge is -2.18. The number of pyridine rings is 1. The van der Waals surface area contributed by atoms with E-state index < -0.39 is 10.0 Å². The third-order valence-electron chi connectivity index (χ3n) is 5.52. The molecule has 0 saturated carbocycles. The van der Waals surface area contributed by atoms with Crippen LogP contribution in [0.15, 0.2) is 84.0 Å². The van der Waals surface area contributed by atoms with Crippen molar-refractivity contribution in [3.8, 4) is 5.75 Å². The van der Waals surface area contributed by atoms with Gasteiger partial charge in [0.1, 0.15) is 12.4 Å². The Morgan fingerprint density at radius 1 is 1.06 bits per heavy atom. The van der Waals surface area contributed by atoms with Crippen LogP contribution < -0.4 is 10.1 Å². The molecule has 0 aliphatic heterocycles. The van der Waals surface area contributed by atoms with Crippen LogP contribution in [-0.2, 0) is 21.4 Å². The summed E-state index contributed by atoms with van der Waals surface area (Å²) >= 11 is 0. The average Bonchev–Trinajstić information content (AvgIpc) is 2.88. The molecular weight excluding hydrogens is 462 g/mol. The zero-order valence-corrected chi connectivity index (χ0v) is 21.0. The van der Waals surface area contributed by atoms with E-state index in [0.717, 1.165) is 22.4 Å². The molecule has 8 heteroatoms. The number of amides is 1. The number of hydrogen-bond acceptors (Lipinski definition) is 5. The molecule has 35 heavy (non-hydrogen) atoms. The van der Waals surface area contributed by atoms with Gasteiger partial charge in [0.25, 0.3) is 0 Å². The van der Waals surface area contributed by atoms with Crippen LogP contribution in [0.4, 0.5) is 0 Å². The number of hydrogen-bond donors (Lipinski definition) is 1. The zero-order chi connectivity index (χ0) is 25.3. The monoisotopic (exact) mass is 493 g/mol. The number of aromatic nitrogens is 1. The molecule has 0 bridgehead atoms. The van der Waals surface area contributed by atoms with Gasteiger partial charge in [-0.05, 0) is 54.5 Å². The summed E-state index contributed by atoms with van der Waals surface area (Å²) in [4.78, 5) is 16.7. The summed E-state index contributed by atoms with van der Waals surface area (Å²) in [6.45, 7) is 6.80. The van der Waals surface area contributed by atoms with E-state index >= 15 is 0 Å². The summed E-state index contributed by atoms with van der Waals surface area (Å²) in [5.41, 5.74) is 2.68. The topological polar surface area (TPSA) is 88.6 Å². The minimum atomic E-state index is -3.50. The van der Waals surface area contributed by atoms with Crippen LogP contribution >= 0.6 is 0 Å². The van der Waals surface area contributed by atoms with E-state index in [-0.39, 0.29) is 16.8 Å². The van der Waals surface area contributed by atoms with Crippen molar-refractivity contribution in [2.24, 2.45) is 0 Å². The molecule has 1 aromatic heterocycles. The molecule has 0 saturated heterocycles. The van der Waals surface area contributed by atoms with Crippen LogP contribution in [0.25, 0.3) is 6.08 Å². The molecule has 0 spiro atoms. The molecule has 3 rings (SSSR count). The summed E-state index contributed by atoms with van der Waals surface area (Å²) < 4.78 is 32.3. The number of carbonyl (C=O) groups is 1. The number of nitrogens with zero attached hydrogens (tertiary/aromatic N) is 2. The fourth-order valence-corrected chi connectivity index (χ4v) is 4.94. The number of sulfonamides is 1. The van der Waals surface area contributed by atoms with E-state index in [9.17, 15) is 13.2 Å². The second-order valence-corrected chi connectivity index (χ2v) is 9.88. The quantitative estimate of drug-likeness (QED) is 0.395. The van der Waals surface area contributed by atoms with Gasteiger partial charge in [0.15, 0.2) is 0 Å². The fourth-order valence-electron chi connectivity index (χ4n) is 3.48. The second kappa shape index (κ2) is 12.3. The van der Waals surface area contributed by atoms with E-state index in [1.807, 2.05) is 57.2 Å². The molecule has 1 amide bonds. The van der Waals surface area contributed by atoms with Crippen molar-refractivity contribution in [3.05, 3.63) is 95.8 Å². The first-order valence-corrected chi connectivity index (χ1v) is 13.0. The first kappa shape index (κ1) is 26.1. The van der Waals surface area contributed by atoms with Gasteiger partial charge >= 0.3 is 0 Å². The van der Waals surface area contributed by atoms with E-state index in [2.05, 4.69) is 10.3 Å². The van der Waals surface area contributed by atoms with Gasteiger partial charge in [-0.3, -0.25) is 9.78 Å². The standard InChI is InChI=1S/C27H31N3O4S/c1-4-30(5-2)35(32,33)26-15-8-22(9-16-26)10-17-27(31)29-21(3)24-11-13-25(14-12-24)34-20-23-7-6-18-28-19-23/h6-19,21H,4-5,20H2,1-3H3,(H,29,31)/b17-10+. The molecule has 0 radical (unpaired) electrons. The minimum absolute atomic E-state index is 0.193. The molecule has 184 valence electrons. The van der Waals surface area contributed by atoms with E-state index in [4.69, 9.17) is 4.74 Å². The Morgan fingerprint density at radius 2 is 1.74 bits per heavy atom. The summed E-state index contributed by atoms with van der Waals surface area (Å²) in [6.07, 6.45) is 6.59. The Bertz CT molecular complexity index is 1220. The van der Waals surface area contributed by atoms with Crippen molar-refractivity contribution in [1.82, 2.24) is 14.6 Å². The van der Waals surface area contributed by atoms with Crippen LogP contribution in [0.5, 0.6) is 5.75 Å². The molecule has 2 aromatic carbocycles. The van der Waals surface area contributed by atoms with E-state index in [1.165, 1.54) is 10.4 Å². The highest BCUT2D eigenvalue weighted by Gasteiger charge is 2.21. The third-order valence-corrected chi connectivity index (χ3v) is 7.58. The number of rotatable bonds is 11. The first-order chi connectivity index (χ1) is 16.8. The van der Waals surface area contributed by atoms with E-state index in [0.29, 0.717) is 19.7 Å². The summed E-state index contributed by atoms with van der Waals surface area (Å²) in [7, 11) is -3.50. The highest BCUT2D eigenvalue weighted by atomic mass is 32.2. The maximum atomic E-state index is 12.6. The first-order valence-electron chi connectivity index (χ1n) is 11.5. The Labute approximate surface area is 207 Å². The Balaban J connectivity index is 1.53. The molecule has 3 aromatic rings. The molecule has 1 N–H and O–H groups in total. The van der Waals surface area contributed by atoms with Gasteiger partial charge in [0.2, 0.25) is 15.9 Å². The lowest BCUT2D eigenvalue weighted by atomic mass is 10.1. The summed E-state index contributed by atoms with van der Waals surface area (Å²) in [5.74, 6) is 0.497. The van der Waals surface area contributed by atoms with E-state index in [1.54, 1.807) is 42.7 Å². The Hall–Kier alpha value is -3.49. The van der Waals surface area contributed by atoms with Crippen LogP contribution in [0.1, 0.15) is 43.5 Å². The molecule has 1 heterocycles. The average molecular weight is 494 g/mol. The zero-order valence-electron chi connectivity index (χ0n) is 20.2. The maximum absolute atomic E-state index is 12.6. The Kier molecular flexibility index (Phi) is 9.17. The lowest BCUT2D eigenvalue weighted by molar-refractivity contribution is -0.117. The van der Waals surface area contributed by atoms with Gasteiger partial charge in [-0.25, -0.2) is 8.42 Å². The molecule has 0 aliphatic carbocycles. The smallest absolute Gasteiger partial charge is 0.244 e. The summed E-state index contributed by atoms with van der Waals surface area (Å²) in [5, 5.41) is 2.93. The van der Waals surface area contributed by atoms with Crippen LogP contribution in [0, 0.1) is 0 Å². The minimum Gasteiger partial charge on any atom is -0.489 e. The number of ether oxygens (including phenoxy) is 1. The number of carbonyl (C=O) groups excluding carboxylic acids is 1. The highest BCUT2D eigenvalue weighted by molar-refractivity contribution is 7.89. The highest BCUT2D eigenvalue weighted by Crippen LogP contribution is 2.19. The molecular formula is C27H31N3O4S. The molecule has 1 unspecified atom stereocenters. The maximum Gasteiger partial charge on any atom is 0.244 e. The lowest BCUT2D eigenvalue weighted by Crippen LogP contribution is -2.30. The van der Waals surface area contributed by atoms with Crippen molar-refractivity contribution >= 4 is 22.0 Å². The molecule has 0 aliphatic rings. The van der Waals surface area contributed by atoms with Crippen molar-refractivity contribution < 1.29 is 17.9 Å². The molecule has 1 atom stereocenters. The van der Waals surface area contributed by atoms with Crippen molar-refractivity contribution in [1.29, 1.82) is 0 Å². The van der Waals surface area contributed by atoms with Gasteiger partial charge < -0.3 is 10.1 Å². The van der Waals surface area contributed by atoms with Crippen molar-refractivity contribution in [2.45, 2.75) is 38.3 Å². The predicted octanol–water partition coefficient (Wildman–Crippen LogP) is 4.58. The fraction of sp³-hybridized carbons (Fsp3) is 0.259. The van der Waals surface area contributed by atoms with Gasteiger partial charge in [-0.15, -0.1) is 0 Å².